The minimum atomic E-state index is -0.0830. The Morgan fingerprint density at radius 1 is 1.67 bits per heavy atom. The molecule has 1 aliphatic rings. The van der Waals surface area contributed by atoms with Crippen LogP contribution in [0.5, 0.6) is 0 Å². The first-order chi connectivity index (χ1) is 7.20. The van der Waals surface area contributed by atoms with Gasteiger partial charge in [0.2, 0.25) is 5.91 Å². The summed E-state index contributed by atoms with van der Waals surface area (Å²) in [6.45, 7) is 5.20. The maximum absolute atomic E-state index is 11.6. The Hall–Kier alpha value is -1.34. The molecule has 1 radical (unpaired) electrons. The van der Waals surface area contributed by atoms with E-state index in [9.17, 15) is 4.79 Å². The van der Waals surface area contributed by atoms with Gasteiger partial charge in [0, 0.05) is 17.3 Å². The van der Waals surface area contributed by atoms with Crippen molar-refractivity contribution in [2.24, 2.45) is 5.92 Å². The quantitative estimate of drug-likeness (QED) is 0.761. The molecule has 0 unspecified atom stereocenters. The van der Waals surface area contributed by atoms with Gasteiger partial charge in [-0.25, -0.2) is 0 Å². The molecule has 4 heteroatoms. The highest BCUT2D eigenvalue weighted by Crippen LogP contribution is 2.22. The van der Waals surface area contributed by atoms with Crippen LogP contribution in [-0.4, -0.2) is 17.4 Å². The molecule has 0 saturated carbocycles. The summed E-state index contributed by atoms with van der Waals surface area (Å²) in [6.07, 6.45) is 0.843. The van der Waals surface area contributed by atoms with E-state index < -0.39 is 0 Å². The molecule has 1 fully saturated rings. The smallest absolute Gasteiger partial charge is 0.226 e. The molecule has 0 bridgehead atoms. The van der Waals surface area contributed by atoms with Crippen molar-refractivity contribution in [1.82, 2.24) is 4.90 Å². The highest BCUT2D eigenvalue weighted by molar-refractivity contribution is 7.12. The molecular weight excluding hydrogens is 208 g/mol. The fourth-order valence-electron chi connectivity index (χ4n) is 1.67. The number of nitrogens with zero attached hydrogens (tertiary/aromatic N) is 2. The first-order valence-electron chi connectivity index (χ1n) is 4.81. The summed E-state index contributed by atoms with van der Waals surface area (Å²) in [6, 6.07) is 5.80. The number of carbonyl (C=O) groups excluding carboxylic acids is 1. The summed E-state index contributed by atoms with van der Waals surface area (Å²) in [5.74, 6) is 0.0438. The van der Waals surface area contributed by atoms with Crippen LogP contribution in [-0.2, 0) is 11.3 Å². The van der Waals surface area contributed by atoms with Crippen LogP contribution in [0.1, 0.15) is 16.2 Å². The van der Waals surface area contributed by atoms with Gasteiger partial charge in [-0.3, -0.25) is 4.79 Å². The molecule has 1 aromatic heterocycles. The topological polar surface area (TPSA) is 44.1 Å². The Morgan fingerprint density at radius 3 is 3.00 bits per heavy atom. The van der Waals surface area contributed by atoms with Crippen LogP contribution in [0, 0.1) is 24.2 Å². The van der Waals surface area contributed by atoms with Crippen LogP contribution in [0.4, 0.5) is 0 Å². The Morgan fingerprint density at radius 2 is 2.47 bits per heavy atom. The normalized spacial score (nSPS) is 20.7. The van der Waals surface area contributed by atoms with Gasteiger partial charge in [0.15, 0.2) is 0 Å². The van der Waals surface area contributed by atoms with Crippen molar-refractivity contribution in [2.45, 2.75) is 13.0 Å². The third kappa shape index (κ3) is 2.02. The lowest BCUT2D eigenvalue weighted by atomic mass is 10.1. The third-order valence-corrected chi connectivity index (χ3v) is 3.50. The molecule has 77 valence electrons. The summed E-state index contributed by atoms with van der Waals surface area (Å²) in [5, 5.41) is 8.68. The van der Waals surface area contributed by atoms with Crippen LogP contribution in [0.3, 0.4) is 0 Å². The van der Waals surface area contributed by atoms with Gasteiger partial charge < -0.3 is 4.90 Å². The average molecular weight is 219 g/mol. The first-order valence-corrected chi connectivity index (χ1v) is 5.63. The van der Waals surface area contributed by atoms with Gasteiger partial charge in [-0.15, -0.1) is 11.3 Å². The molecule has 1 amide bonds. The predicted molar refractivity (Wildman–Crippen MR) is 57.9 cm³/mol. The fourth-order valence-corrected chi connectivity index (χ4v) is 2.49. The van der Waals surface area contributed by atoms with Gasteiger partial charge in [-0.1, -0.05) is 0 Å². The molecule has 1 atom stereocenters. The monoisotopic (exact) mass is 219 g/mol. The van der Waals surface area contributed by atoms with Gasteiger partial charge in [-0.2, -0.15) is 5.26 Å². The molecule has 0 spiro atoms. The number of thiophene rings is 1. The van der Waals surface area contributed by atoms with Crippen LogP contribution in [0.15, 0.2) is 12.1 Å². The van der Waals surface area contributed by atoms with Gasteiger partial charge in [0.1, 0.15) is 10.9 Å². The molecule has 3 nitrogen and oxygen atoms in total. The molecule has 1 saturated heterocycles. The van der Waals surface area contributed by atoms with E-state index in [1.807, 2.05) is 11.0 Å². The molecule has 2 rings (SSSR count). The summed E-state index contributed by atoms with van der Waals surface area (Å²) < 4.78 is 0. The third-order valence-electron chi connectivity index (χ3n) is 2.53. The van der Waals surface area contributed by atoms with Crippen LogP contribution in [0.25, 0.3) is 0 Å². The van der Waals surface area contributed by atoms with Gasteiger partial charge in [-0.05, 0) is 25.5 Å². The summed E-state index contributed by atoms with van der Waals surface area (Å²) in [7, 11) is 0. The molecule has 0 aromatic carbocycles. The van der Waals surface area contributed by atoms with Crippen molar-refractivity contribution in [3.63, 3.8) is 0 Å². The van der Waals surface area contributed by atoms with E-state index in [1.165, 1.54) is 11.3 Å². The zero-order valence-electron chi connectivity index (χ0n) is 8.27. The highest BCUT2D eigenvalue weighted by atomic mass is 32.1. The van der Waals surface area contributed by atoms with Crippen LogP contribution in [0.2, 0.25) is 0 Å². The number of rotatable bonds is 2. The van der Waals surface area contributed by atoms with E-state index in [0.29, 0.717) is 11.4 Å². The number of likely N-dealkylation sites (tertiary alicyclic amines) is 1. The van der Waals surface area contributed by atoms with E-state index in [-0.39, 0.29) is 11.8 Å². The molecule has 1 aliphatic heterocycles. The maximum atomic E-state index is 11.6. The van der Waals surface area contributed by atoms with Crippen molar-refractivity contribution in [3.05, 3.63) is 28.8 Å². The molecule has 0 N–H and O–H groups in total. The zero-order valence-corrected chi connectivity index (χ0v) is 9.09. The summed E-state index contributed by atoms with van der Waals surface area (Å²) in [5.41, 5.74) is 0. The first kappa shape index (κ1) is 10.2. The molecule has 1 aromatic rings. The number of nitriles is 1. The lowest BCUT2D eigenvalue weighted by Crippen LogP contribution is -2.25. The largest absolute Gasteiger partial charge is 0.337 e. The Balaban J connectivity index is 2.04. The number of carbonyl (C=O) groups is 1. The van der Waals surface area contributed by atoms with E-state index in [1.54, 1.807) is 6.07 Å². The number of amides is 1. The number of hydrogen-bond donors (Lipinski definition) is 0. The predicted octanol–water partition coefficient (Wildman–Crippen LogP) is 1.80. The number of hydrogen-bond acceptors (Lipinski definition) is 3. The minimum absolute atomic E-state index is 0.0830. The van der Waals surface area contributed by atoms with Crippen LogP contribution < -0.4 is 0 Å². The molecule has 15 heavy (non-hydrogen) atoms. The van der Waals surface area contributed by atoms with Gasteiger partial charge >= 0.3 is 0 Å². The van der Waals surface area contributed by atoms with E-state index >= 15 is 0 Å². The second-order valence-electron chi connectivity index (χ2n) is 3.62. The molecular formula is C11H11N2OS. The SMILES string of the molecule is [CH2][C@H]1CCN(Cc2ccc(C#N)s2)C1=O. The lowest BCUT2D eigenvalue weighted by molar-refractivity contribution is -0.130. The van der Waals surface area contributed by atoms with Crippen molar-refractivity contribution >= 4 is 17.2 Å². The van der Waals surface area contributed by atoms with Gasteiger partial charge in [0.25, 0.3) is 0 Å². The standard InChI is InChI=1S/C11H11N2OS/c1-8-4-5-13(11(8)14)7-10-3-2-9(6-12)15-10/h2-3,8H,1,4-5,7H2/t8-/m0/s1. The van der Waals surface area contributed by atoms with Gasteiger partial charge in [0.05, 0.1) is 6.54 Å². The Kier molecular flexibility index (Phi) is 2.74. The zero-order chi connectivity index (χ0) is 10.8. The summed E-state index contributed by atoms with van der Waals surface area (Å²) in [4.78, 5) is 15.2. The molecule has 2 heterocycles. The van der Waals surface area contributed by atoms with Crippen molar-refractivity contribution in [3.8, 4) is 6.07 Å². The second kappa shape index (κ2) is 4.03. The van der Waals surface area contributed by atoms with Crippen molar-refractivity contribution in [1.29, 1.82) is 5.26 Å². The lowest BCUT2D eigenvalue weighted by Gasteiger charge is -2.14. The molecule has 0 aliphatic carbocycles. The van der Waals surface area contributed by atoms with Crippen LogP contribution >= 0.6 is 11.3 Å². The van der Waals surface area contributed by atoms with Crippen molar-refractivity contribution < 1.29 is 4.79 Å². The average Bonchev–Trinajstić information content (AvgIpc) is 2.80. The Bertz CT molecular complexity index is 418. The van der Waals surface area contributed by atoms with E-state index in [4.69, 9.17) is 5.26 Å². The van der Waals surface area contributed by atoms with Crippen molar-refractivity contribution in [2.75, 3.05) is 6.54 Å². The van der Waals surface area contributed by atoms with E-state index in [2.05, 4.69) is 13.0 Å². The van der Waals surface area contributed by atoms with E-state index in [0.717, 1.165) is 17.8 Å². The maximum Gasteiger partial charge on any atom is 0.226 e. The minimum Gasteiger partial charge on any atom is -0.337 e. The highest BCUT2D eigenvalue weighted by Gasteiger charge is 2.27. The Labute approximate surface area is 92.9 Å². The fraction of sp³-hybridized carbons (Fsp3) is 0.364. The summed E-state index contributed by atoms with van der Waals surface area (Å²) >= 11 is 1.45. The second-order valence-corrected chi connectivity index (χ2v) is 4.79.